The molecule has 3 heteroatoms. The Morgan fingerprint density at radius 1 is 1.62 bits per heavy atom. The summed E-state index contributed by atoms with van der Waals surface area (Å²) >= 11 is 0. The first kappa shape index (κ1) is 10.9. The summed E-state index contributed by atoms with van der Waals surface area (Å²) < 4.78 is 9.90. The molecule has 1 heterocycles. The van der Waals surface area contributed by atoms with Gasteiger partial charge in [0.05, 0.1) is 6.61 Å². The van der Waals surface area contributed by atoms with Crippen molar-refractivity contribution in [2.75, 3.05) is 13.2 Å². The number of carbonyl (C=O) groups is 1. The van der Waals surface area contributed by atoms with Crippen LogP contribution in [0.2, 0.25) is 0 Å². The van der Waals surface area contributed by atoms with E-state index in [0.717, 1.165) is 5.56 Å². The van der Waals surface area contributed by atoms with Crippen molar-refractivity contribution >= 4 is 12.0 Å². The summed E-state index contributed by atoms with van der Waals surface area (Å²) in [6.07, 6.45) is 3.32. The average molecular weight is 218 g/mol. The zero-order chi connectivity index (χ0) is 11.4. The van der Waals surface area contributed by atoms with Crippen molar-refractivity contribution in [1.29, 1.82) is 0 Å². The molecule has 1 fully saturated rings. The molecule has 0 aliphatic carbocycles. The quantitative estimate of drug-likeness (QED) is 0.440. The molecule has 1 atom stereocenters. The number of hydrogen-bond acceptors (Lipinski definition) is 3. The van der Waals surface area contributed by atoms with Crippen molar-refractivity contribution in [3.05, 3.63) is 41.5 Å². The first-order valence-electron chi connectivity index (χ1n) is 5.27. The van der Waals surface area contributed by atoms with Crippen LogP contribution in [0.15, 0.2) is 30.3 Å². The summed E-state index contributed by atoms with van der Waals surface area (Å²) in [6, 6.07) is 7.92. The Morgan fingerprint density at radius 2 is 2.44 bits per heavy atom. The van der Waals surface area contributed by atoms with E-state index in [-0.39, 0.29) is 12.1 Å². The Labute approximate surface area is 94.7 Å². The maximum absolute atomic E-state index is 11.3. The van der Waals surface area contributed by atoms with Crippen LogP contribution in [0.3, 0.4) is 0 Å². The van der Waals surface area contributed by atoms with Crippen LogP contribution in [0.4, 0.5) is 0 Å². The van der Waals surface area contributed by atoms with Gasteiger partial charge in [-0.25, -0.2) is 4.79 Å². The summed E-state index contributed by atoms with van der Waals surface area (Å²) in [6.45, 7) is 3.08. The topological polar surface area (TPSA) is 38.8 Å². The molecular formula is C13H14O3. The second-order valence-corrected chi connectivity index (χ2v) is 3.83. The van der Waals surface area contributed by atoms with E-state index < -0.39 is 0 Å². The van der Waals surface area contributed by atoms with Crippen molar-refractivity contribution in [2.24, 2.45) is 0 Å². The average Bonchev–Trinajstić information content (AvgIpc) is 3.07. The van der Waals surface area contributed by atoms with Crippen LogP contribution in [-0.2, 0) is 14.3 Å². The van der Waals surface area contributed by atoms with Crippen molar-refractivity contribution < 1.29 is 14.3 Å². The fraction of sp³-hybridized carbons (Fsp3) is 0.308. The largest absolute Gasteiger partial charge is 0.460 e. The van der Waals surface area contributed by atoms with Crippen LogP contribution >= 0.6 is 0 Å². The molecule has 0 radical (unpaired) electrons. The number of esters is 1. The van der Waals surface area contributed by atoms with Gasteiger partial charge < -0.3 is 9.47 Å². The van der Waals surface area contributed by atoms with Crippen LogP contribution in [0.5, 0.6) is 0 Å². The highest BCUT2D eigenvalue weighted by atomic mass is 16.6. The SMILES string of the molecule is Cc1cccc(/C=C/C(=O)OCC2CO2)c1. The molecule has 0 bridgehead atoms. The Balaban J connectivity index is 1.84. The number of ether oxygens (including phenoxy) is 2. The summed E-state index contributed by atoms with van der Waals surface area (Å²) in [4.78, 5) is 11.3. The molecule has 1 aliphatic heterocycles. The van der Waals surface area contributed by atoms with Gasteiger partial charge in [0.2, 0.25) is 0 Å². The Bertz CT molecular complexity index is 405. The summed E-state index contributed by atoms with van der Waals surface area (Å²) in [7, 11) is 0. The second-order valence-electron chi connectivity index (χ2n) is 3.83. The zero-order valence-corrected chi connectivity index (χ0v) is 9.18. The lowest BCUT2D eigenvalue weighted by molar-refractivity contribution is -0.138. The monoisotopic (exact) mass is 218 g/mol. The minimum atomic E-state index is -0.322. The van der Waals surface area contributed by atoms with Crippen LogP contribution in [0.1, 0.15) is 11.1 Å². The van der Waals surface area contributed by atoms with E-state index in [1.807, 2.05) is 31.2 Å². The maximum Gasteiger partial charge on any atom is 0.330 e. The third-order valence-corrected chi connectivity index (χ3v) is 2.27. The molecule has 1 aromatic rings. The van der Waals surface area contributed by atoms with Crippen LogP contribution < -0.4 is 0 Å². The molecule has 2 rings (SSSR count). The maximum atomic E-state index is 11.3. The van der Waals surface area contributed by atoms with Crippen molar-refractivity contribution in [3.63, 3.8) is 0 Å². The molecule has 84 valence electrons. The van der Waals surface area contributed by atoms with Gasteiger partial charge >= 0.3 is 5.97 Å². The summed E-state index contributed by atoms with van der Waals surface area (Å²) in [5, 5.41) is 0. The van der Waals surface area contributed by atoms with Gasteiger partial charge in [0.25, 0.3) is 0 Å². The normalized spacial score (nSPS) is 18.7. The van der Waals surface area contributed by atoms with Gasteiger partial charge in [-0.05, 0) is 18.6 Å². The first-order chi connectivity index (χ1) is 7.74. The van der Waals surface area contributed by atoms with Crippen molar-refractivity contribution in [3.8, 4) is 0 Å². The summed E-state index contributed by atoms with van der Waals surface area (Å²) in [5.41, 5.74) is 2.17. The number of aryl methyl sites for hydroxylation is 1. The minimum absolute atomic E-state index is 0.122. The van der Waals surface area contributed by atoms with E-state index in [1.54, 1.807) is 6.08 Å². The van der Waals surface area contributed by atoms with Gasteiger partial charge in [-0.1, -0.05) is 29.8 Å². The van der Waals surface area contributed by atoms with Gasteiger partial charge in [-0.3, -0.25) is 0 Å². The van der Waals surface area contributed by atoms with Gasteiger partial charge in [0.1, 0.15) is 12.7 Å². The smallest absolute Gasteiger partial charge is 0.330 e. The third kappa shape index (κ3) is 3.51. The lowest BCUT2D eigenvalue weighted by Gasteiger charge is -1.98. The van der Waals surface area contributed by atoms with Gasteiger partial charge in [-0.2, -0.15) is 0 Å². The van der Waals surface area contributed by atoms with Crippen LogP contribution in [0.25, 0.3) is 6.08 Å². The molecular weight excluding hydrogens is 204 g/mol. The van der Waals surface area contributed by atoms with E-state index >= 15 is 0 Å². The van der Waals surface area contributed by atoms with E-state index in [9.17, 15) is 4.79 Å². The van der Waals surface area contributed by atoms with Crippen molar-refractivity contribution in [1.82, 2.24) is 0 Å². The zero-order valence-electron chi connectivity index (χ0n) is 9.18. The number of epoxide rings is 1. The number of benzene rings is 1. The molecule has 0 spiro atoms. The molecule has 1 saturated heterocycles. The molecule has 0 aromatic heterocycles. The molecule has 0 saturated carbocycles. The lowest BCUT2D eigenvalue weighted by Crippen LogP contribution is -2.06. The molecule has 1 aliphatic rings. The molecule has 1 unspecified atom stereocenters. The number of carbonyl (C=O) groups excluding carboxylic acids is 1. The molecule has 1 aromatic carbocycles. The molecule has 0 N–H and O–H groups in total. The second kappa shape index (κ2) is 4.94. The van der Waals surface area contributed by atoms with Crippen LogP contribution in [0, 0.1) is 6.92 Å². The number of hydrogen-bond donors (Lipinski definition) is 0. The Kier molecular flexibility index (Phi) is 3.37. The molecule has 0 amide bonds. The summed E-state index contributed by atoms with van der Waals surface area (Å²) in [5.74, 6) is -0.322. The Morgan fingerprint density at radius 3 is 3.12 bits per heavy atom. The fourth-order valence-corrected chi connectivity index (χ4v) is 1.33. The van der Waals surface area contributed by atoms with Crippen LogP contribution in [-0.4, -0.2) is 25.3 Å². The highest BCUT2D eigenvalue weighted by Gasteiger charge is 2.23. The first-order valence-corrected chi connectivity index (χ1v) is 5.27. The molecule has 16 heavy (non-hydrogen) atoms. The van der Waals surface area contributed by atoms with Crippen molar-refractivity contribution in [2.45, 2.75) is 13.0 Å². The minimum Gasteiger partial charge on any atom is -0.460 e. The molecule has 3 nitrogen and oxygen atoms in total. The highest BCUT2D eigenvalue weighted by Crippen LogP contribution is 2.09. The fourth-order valence-electron chi connectivity index (χ4n) is 1.33. The third-order valence-electron chi connectivity index (χ3n) is 2.27. The Hall–Kier alpha value is -1.61. The van der Waals surface area contributed by atoms with E-state index in [4.69, 9.17) is 9.47 Å². The highest BCUT2D eigenvalue weighted by molar-refractivity contribution is 5.87. The van der Waals surface area contributed by atoms with E-state index in [0.29, 0.717) is 13.2 Å². The van der Waals surface area contributed by atoms with E-state index in [1.165, 1.54) is 11.6 Å². The lowest BCUT2D eigenvalue weighted by atomic mass is 10.1. The van der Waals surface area contributed by atoms with E-state index in [2.05, 4.69) is 0 Å². The predicted octanol–water partition coefficient (Wildman–Crippen LogP) is 1.95. The van der Waals surface area contributed by atoms with Gasteiger partial charge in [-0.15, -0.1) is 0 Å². The van der Waals surface area contributed by atoms with Gasteiger partial charge in [0, 0.05) is 6.08 Å². The van der Waals surface area contributed by atoms with Gasteiger partial charge in [0.15, 0.2) is 0 Å². The predicted molar refractivity (Wildman–Crippen MR) is 60.9 cm³/mol. The standard InChI is InChI=1S/C13H14O3/c1-10-3-2-4-11(7-10)5-6-13(14)16-9-12-8-15-12/h2-7,12H,8-9H2,1H3/b6-5+. The number of rotatable bonds is 4.